The zero-order valence-electron chi connectivity index (χ0n) is 11.8. The molecule has 1 aliphatic rings. The molecule has 2 aromatic heterocycles. The average molecular weight is 290 g/mol. The van der Waals surface area contributed by atoms with Crippen molar-refractivity contribution in [2.24, 2.45) is 5.92 Å². The quantitative estimate of drug-likeness (QED) is 0.836. The Balaban J connectivity index is 1.62. The summed E-state index contributed by atoms with van der Waals surface area (Å²) in [6.45, 7) is 1.56. The van der Waals surface area contributed by atoms with E-state index in [1.54, 1.807) is 18.3 Å². The number of aromatic nitrogens is 2. The third kappa shape index (κ3) is 3.03. The molecule has 112 valence electrons. The molecule has 1 fully saturated rings. The number of carbonyl (C=O) groups is 1. The highest BCUT2D eigenvalue weighted by molar-refractivity contribution is 5.79. The van der Waals surface area contributed by atoms with E-state index in [0.717, 1.165) is 6.54 Å². The first-order chi connectivity index (χ1) is 10.1. The van der Waals surface area contributed by atoms with Crippen molar-refractivity contribution in [2.45, 2.75) is 19.1 Å². The maximum atomic E-state index is 12.2. The molecule has 7 nitrogen and oxygen atoms in total. The molecule has 0 unspecified atom stereocenters. The second kappa shape index (κ2) is 5.79. The molecule has 2 aromatic rings. The first-order valence-electron chi connectivity index (χ1n) is 6.98. The molecule has 0 aromatic carbocycles. The number of pyridine rings is 1. The fourth-order valence-corrected chi connectivity index (χ4v) is 2.54. The molecule has 2 N–H and O–H groups in total. The Hall–Kier alpha value is -1.99. The topological polar surface area (TPSA) is 91.5 Å². The number of piperidine rings is 1. The monoisotopic (exact) mass is 290 g/mol. The smallest absolute Gasteiger partial charge is 0.227 e. The van der Waals surface area contributed by atoms with Gasteiger partial charge in [0.05, 0.1) is 18.6 Å². The van der Waals surface area contributed by atoms with Crippen molar-refractivity contribution in [3.63, 3.8) is 0 Å². The number of rotatable bonds is 3. The highest BCUT2D eigenvalue weighted by atomic mass is 16.3. The SMILES string of the molecule is CN1CC[C@@H](O)[C@H](C(=O)NCc2nc3ncccc3o2)C1. The normalized spacial score (nSPS) is 23.3. The lowest BCUT2D eigenvalue weighted by Gasteiger charge is -2.32. The predicted molar refractivity (Wildman–Crippen MR) is 75.3 cm³/mol. The summed E-state index contributed by atoms with van der Waals surface area (Å²) in [6.07, 6.45) is 1.66. The molecule has 3 rings (SSSR count). The molecule has 1 aliphatic heterocycles. The van der Waals surface area contributed by atoms with Gasteiger partial charge in [0.2, 0.25) is 11.8 Å². The van der Waals surface area contributed by atoms with Crippen LogP contribution in [-0.4, -0.2) is 52.1 Å². The van der Waals surface area contributed by atoms with Crippen molar-refractivity contribution in [1.82, 2.24) is 20.2 Å². The lowest BCUT2D eigenvalue weighted by atomic mass is 9.94. The van der Waals surface area contributed by atoms with Crippen LogP contribution in [0, 0.1) is 5.92 Å². The van der Waals surface area contributed by atoms with E-state index in [1.165, 1.54) is 0 Å². The van der Waals surface area contributed by atoms with E-state index in [2.05, 4.69) is 15.3 Å². The Bertz CT molecular complexity index is 609. The zero-order valence-corrected chi connectivity index (χ0v) is 11.8. The van der Waals surface area contributed by atoms with Crippen LogP contribution in [0.1, 0.15) is 12.3 Å². The number of carbonyl (C=O) groups excluding carboxylic acids is 1. The number of likely N-dealkylation sites (tertiary alicyclic amines) is 1. The second-order valence-corrected chi connectivity index (χ2v) is 5.38. The van der Waals surface area contributed by atoms with Crippen molar-refractivity contribution in [1.29, 1.82) is 0 Å². The van der Waals surface area contributed by atoms with Gasteiger partial charge in [-0.25, -0.2) is 4.98 Å². The molecule has 0 saturated carbocycles. The minimum atomic E-state index is -0.591. The summed E-state index contributed by atoms with van der Waals surface area (Å²) in [5.74, 6) is -0.175. The van der Waals surface area contributed by atoms with Crippen LogP contribution in [0.3, 0.4) is 0 Å². The minimum Gasteiger partial charge on any atom is -0.437 e. The number of aliphatic hydroxyl groups is 1. The molecule has 2 atom stereocenters. The Morgan fingerprint density at radius 3 is 3.29 bits per heavy atom. The molecule has 0 spiro atoms. The van der Waals surface area contributed by atoms with Crippen LogP contribution in [0.25, 0.3) is 11.2 Å². The average Bonchev–Trinajstić information content (AvgIpc) is 2.90. The summed E-state index contributed by atoms with van der Waals surface area (Å²) in [7, 11) is 1.94. The van der Waals surface area contributed by atoms with Gasteiger partial charge in [-0.05, 0) is 25.6 Å². The van der Waals surface area contributed by atoms with Crippen LogP contribution in [0.15, 0.2) is 22.7 Å². The van der Waals surface area contributed by atoms with Crippen LogP contribution < -0.4 is 5.32 Å². The van der Waals surface area contributed by atoms with Gasteiger partial charge >= 0.3 is 0 Å². The summed E-state index contributed by atoms with van der Waals surface area (Å²) >= 11 is 0. The van der Waals surface area contributed by atoms with E-state index in [1.807, 2.05) is 11.9 Å². The van der Waals surface area contributed by atoms with E-state index < -0.39 is 12.0 Å². The van der Waals surface area contributed by atoms with Gasteiger partial charge in [0, 0.05) is 19.3 Å². The molecule has 0 radical (unpaired) electrons. The van der Waals surface area contributed by atoms with Crippen molar-refractivity contribution in [3.8, 4) is 0 Å². The minimum absolute atomic E-state index is 0.177. The van der Waals surface area contributed by atoms with Gasteiger partial charge in [-0.2, -0.15) is 4.98 Å². The van der Waals surface area contributed by atoms with Crippen LogP contribution in [0.4, 0.5) is 0 Å². The van der Waals surface area contributed by atoms with Gasteiger partial charge in [-0.3, -0.25) is 4.79 Å². The number of amides is 1. The Labute approximate surface area is 122 Å². The highest BCUT2D eigenvalue weighted by Gasteiger charge is 2.31. The van der Waals surface area contributed by atoms with E-state index >= 15 is 0 Å². The number of hydrogen-bond acceptors (Lipinski definition) is 6. The lowest BCUT2D eigenvalue weighted by molar-refractivity contribution is -0.131. The summed E-state index contributed by atoms with van der Waals surface area (Å²) in [6, 6.07) is 3.55. The van der Waals surface area contributed by atoms with Crippen LogP contribution in [0.2, 0.25) is 0 Å². The Kier molecular flexibility index (Phi) is 3.85. The molecule has 0 aliphatic carbocycles. The molecular weight excluding hydrogens is 272 g/mol. The van der Waals surface area contributed by atoms with Gasteiger partial charge in [-0.15, -0.1) is 0 Å². The summed E-state index contributed by atoms with van der Waals surface area (Å²) in [5.41, 5.74) is 1.12. The largest absolute Gasteiger partial charge is 0.437 e. The first kappa shape index (κ1) is 14.0. The number of nitrogens with zero attached hydrogens (tertiary/aromatic N) is 3. The number of hydrogen-bond donors (Lipinski definition) is 2. The van der Waals surface area contributed by atoms with E-state index in [4.69, 9.17) is 4.42 Å². The Morgan fingerprint density at radius 2 is 2.48 bits per heavy atom. The van der Waals surface area contributed by atoms with Crippen molar-refractivity contribution >= 4 is 17.1 Å². The number of nitrogens with one attached hydrogen (secondary N) is 1. The van der Waals surface area contributed by atoms with Gasteiger partial charge in [0.15, 0.2) is 11.2 Å². The van der Waals surface area contributed by atoms with Gasteiger partial charge in [0.25, 0.3) is 0 Å². The summed E-state index contributed by atoms with van der Waals surface area (Å²) < 4.78 is 5.49. The molecule has 1 amide bonds. The molecule has 3 heterocycles. The molecule has 21 heavy (non-hydrogen) atoms. The van der Waals surface area contributed by atoms with E-state index in [-0.39, 0.29) is 12.5 Å². The molecule has 1 saturated heterocycles. The number of oxazole rings is 1. The summed E-state index contributed by atoms with van der Waals surface area (Å²) in [5, 5.41) is 12.7. The molecular formula is C14H18N4O3. The fraction of sp³-hybridized carbons (Fsp3) is 0.500. The number of fused-ring (bicyclic) bond motifs is 1. The zero-order chi connectivity index (χ0) is 14.8. The Morgan fingerprint density at radius 1 is 1.62 bits per heavy atom. The fourth-order valence-electron chi connectivity index (χ4n) is 2.54. The highest BCUT2D eigenvalue weighted by Crippen LogP contribution is 2.17. The molecule has 0 bridgehead atoms. The van der Waals surface area contributed by atoms with Crippen molar-refractivity contribution < 1.29 is 14.3 Å². The maximum Gasteiger partial charge on any atom is 0.227 e. The van der Waals surface area contributed by atoms with Gasteiger partial charge < -0.3 is 19.7 Å². The van der Waals surface area contributed by atoms with Gasteiger partial charge in [-0.1, -0.05) is 0 Å². The van der Waals surface area contributed by atoms with E-state index in [0.29, 0.717) is 30.1 Å². The van der Waals surface area contributed by atoms with Gasteiger partial charge in [0.1, 0.15) is 0 Å². The van der Waals surface area contributed by atoms with Crippen LogP contribution >= 0.6 is 0 Å². The predicted octanol–water partition coefficient (Wildman–Crippen LogP) is 0.152. The number of aliphatic hydroxyl groups excluding tert-OH is 1. The summed E-state index contributed by atoms with van der Waals surface area (Å²) in [4.78, 5) is 22.5. The second-order valence-electron chi connectivity index (χ2n) is 5.38. The van der Waals surface area contributed by atoms with Crippen molar-refractivity contribution in [3.05, 3.63) is 24.2 Å². The van der Waals surface area contributed by atoms with E-state index in [9.17, 15) is 9.90 Å². The maximum absolute atomic E-state index is 12.2. The van der Waals surface area contributed by atoms with Crippen LogP contribution in [0.5, 0.6) is 0 Å². The third-order valence-electron chi connectivity index (χ3n) is 3.74. The third-order valence-corrected chi connectivity index (χ3v) is 3.74. The first-order valence-corrected chi connectivity index (χ1v) is 6.98. The standard InChI is InChI=1S/C14H18N4O3/c1-18-6-4-10(19)9(8-18)14(20)16-7-12-17-13-11(21-12)3-2-5-15-13/h2-3,5,9-10,19H,4,6-8H2,1H3,(H,16,20)/t9-,10-/m1/s1. The lowest BCUT2D eigenvalue weighted by Crippen LogP contribution is -2.48. The van der Waals surface area contributed by atoms with Crippen LogP contribution in [-0.2, 0) is 11.3 Å². The van der Waals surface area contributed by atoms with Crippen molar-refractivity contribution in [2.75, 3.05) is 20.1 Å². The molecule has 7 heteroatoms.